The molecule has 2 unspecified atom stereocenters. The highest BCUT2D eigenvalue weighted by atomic mass is 127. The van der Waals surface area contributed by atoms with Crippen molar-refractivity contribution in [2.45, 2.75) is 25.3 Å². The fraction of sp³-hybridized carbons (Fsp3) is 0.611. The van der Waals surface area contributed by atoms with E-state index in [-0.39, 0.29) is 24.0 Å². The molecule has 2 aliphatic rings. The summed E-state index contributed by atoms with van der Waals surface area (Å²) in [5.74, 6) is 1.45. The second-order valence-electron chi connectivity index (χ2n) is 6.36. The van der Waals surface area contributed by atoms with Gasteiger partial charge in [0, 0.05) is 43.2 Å². The van der Waals surface area contributed by atoms with E-state index in [1.807, 2.05) is 12.1 Å². The first-order valence-corrected chi connectivity index (χ1v) is 9.24. The third-order valence-corrected chi connectivity index (χ3v) is 4.76. The number of nitrogens with one attached hydrogen (secondary N) is 2. The molecule has 1 heterocycles. The van der Waals surface area contributed by atoms with Crippen LogP contribution in [-0.2, 0) is 4.74 Å². The summed E-state index contributed by atoms with van der Waals surface area (Å²) in [5, 5.41) is 7.70. The Balaban J connectivity index is 0.00000225. The zero-order valence-corrected chi connectivity index (χ0v) is 17.8. The first kappa shape index (κ1) is 20.7. The van der Waals surface area contributed by atoms with Gasteiger partial charge in [-0.25, -0.2) is 0 Å². The van der Waals surface area contributed by atoms with Crippen LogP contribution in [0.4, 0.5) is 0 Å². The zero-order chi connectivity index (χ0) is 16.8. The normalized spacial score (nSPS) is 23.7. The molecule has 0 radical (unpaired) electrons. The van der Waals surface area contributed by atoms with Crippen LogP contribution in [0.3, 0.4) is 0 Å². The van der Waals surface area contributed by atoms with Crippen LogP contribution in [0.2, 0.25) is 5.02 Å². The topological polar surface area (TPSA) is 48.9 Å². The fourth-order valence-electron chi connectivity index (χ4n) is 3.08. The Morgan fingerprint density at radius 2 is 2.16 bits per heavy atom. The summed E-state index contributed by atoms with van der Waals surface area (Å²) in [6.45, 7) is 8.47. The van der Waals surface area contributed by atoms with Gasteiger partial charge in [0.05, 0.1) is 19.8 Å². The molecule has 25 heavy (non-hydrogen) atoms. The van der Waals surface area contributed by atoms with Gasteiger partial charge in [-0.1, -0.05) is 23.7 Å². The van der Waals surface area contributed by atoms with E-state index in [9.17, 15) is 0 Å². The molecule has 1 aromatic rings. The van der Waals surface area contributed by atoms with Crippen molar-refractivity contribution in [1.29, 1.82) is 0 Å². The molecule has 5 nitrogen and oxygen atoms in total. The summed E-state index contributed by atoms with van der Waals surface area (Å²) in [7, 11) is 0. The fourth-order valence-corrected chi connectivity index (χ4v) is 3.28. The number of morpholine rings is 1. The first-order chi connectivity index (χ1) is 11.8. The summed E-state index contributed by atoms with van der Waals surface area (Å²) in [6.07, 6.45) is 1.13. The van der Waals surface area contributed by atoms with Crippen molar-refractivity contribution in [3.63, 3.8) is 0 Å². The van der Waals surface area contributed by atoms with Gasteiger partial charge in [0.25, 0.3) is 0 Å². The maximum atomic E-state index is 6.09. The SMILES string of the molecule is CCNC(=NCCN1CCOCC1)NC1CC1c1cccc(Cl)c1.I. The monoisotopic (exact) mass is 478 g/mol. The standard InChI is InChI=1S/C18H27ClN4O.HI/c1-2-20-18(21-6-7-23-8-10-24-11-9-23)22-17-13-16(17)14-4-3-5-15(19)12-14;/h3-5,12,16-17H,2,6-11,13H2,1H3,(H2,20,21,22);1H. The van der Waals surface area contributed by atoms with Crippen LogP contribution in [0.1, 0.15) is 24.8 Å². The van der Waals surface area contributed by atoms with Gasteiger partial charge in [-0.2, -0.15) is 0 Å². The van der Waals surface area contributed by atoms with Crippen LogP contribution >= 0.6 is 35.6 Å². The first-order valence-electron chi connectivity index (χ1n) is 8.86. The van der Waals surface area contributed by atoms with E-state index >= 15 is 0 Å². The molecule has 140 valence electrons. The number of hydrogen-bond donors (Lipinski definition) is 2. The highest BCUT2D eigenvalue weighted by Gasteiger charge is 2.39. The Labute approximate surface area is 172 Å². The molecule has 0 aromatic heterocycles. The quantitative estimate of drug-likeness (QED) is 0.375. The number of rotatable bonds is 6. The van der Waals surface area contributed by atoms with Crippen molar-refractivity contribution in [2.24, 2.45) is 4.99 Å². The van der Waals surface area contributed by atoms with Crippen LogP contribution in [0.25, 0.3) is 0 Å². The molecule has 3 rings (SSSR count). The van der Waals surface area contributed by atoms with E-state index in [1.165, 1.54) is 5.56 Å². The Kier molecular flexibility index (Phi) is 8.75. The lowest BCUT2D eigenvalue weighted by Crippen LogP contribution is -2.41. The summed E-state index contributed by atoms with van der Waals surface area (Å²) < 4.78 is 5.38. The van der Waals surface area contributed by atoms with Gasteiger partial charge in [0.15, 0.2) is 5.96 Å². The van der Waals surface area contributed by atoms with E-state index in [0.29, 0.717) is 12.0 Å². The summed E-state index contributed by atoms with van der Waals surface area (Å²) in [4.78, 5) is 7.12. The van der Waals surface area contributed by atoms with Crippen molar-refractivity contribution >= 4 is 41.5 Å². The average Bonchev–Trinajstić information content (AvgIpc) is 3.35. The summed E-state index contributed by atoms with van der Waals surface area (Å²) in [5.41, 5.74) is 1.31. The zero-order valence-electron chi connectivity index (χ0n) is 14.7. The van der Waals surface area contributed by atoms with Crippen molar-refractivity contribution in [2.75, 3.05) is 45.9 Å². The van der Waals surface area contributed by atoms with Crippen LogP contribution < -0.4 is 10.6 Å². The maximum Gasteiger partial charge on any atom is 0.191 e. The number of guanidine groups is 1. The molecule has 0 bridgehead atoms. The number of halogens is 2. The van der Waals surface area contributed by atoms with Gasteiger partial charge >= 0.3 is 0 Å². The molecule has 2 fully saturated rings. The molecule has 0 amide bonds. The van der Waals surface area contributed by atoms with E-state index in [2.05, 4.69) is 34.6 Å². The molecular formula is C18H28ClIN4O. The lowest BCUT2D eigenvalue weighted by Gasteiger charge is -2.25. The second-order valence-corrected chi connectivity index (χ2v) is 6.80. The number of nitrogens with zero attached hydrogens (tertiary/aromatic N) is 2. The highest BCUT2D eigenvalue weighted by molar-refractivity contribution is 14.0. The highest BCUT2D eigenvalue weighted by Crippen LogP contribution is 2.41. The Morgan fingerprint density at radius 3 is 2.88 bits per heavy atom. The van der Waals surface area contributed by atoms with Crippen molar-refractivity contribution in [1.82, 2.24) is 15.5 Å². The van der Waals surface area contributed by atoms with Crippen molar-refractivity contribution in [3.05, 3.63) is 34.9 Å². The lowest BCUT2D eigenvalue weighted by atomic mass is 10.1. The predicted octanol–water partition coefficient (Wildman–Crippen LogP) is 2.70. The van der Waals surface area contributed by atoms with E-state index in [0.717, 1.165) is 63.3 Å². The van der Waals surface area contributed by atoms with Crippen LogP contribution in [0.15, 0.2) is 29.3 Å². The molecule has 2 N–H and O–H groups in total. The molecule has 1 aromatic carbocycles. The van der Waals surface area contributed by atoms with E-state index in [1.54, 1.807) is 0 Å². The Morgan fingerprint density at radius 1 is 1.36 bits per heavy atom. The molecule has 0 spiro atoms. The molecule has 1 aliphatic heterocycles. The van der Waals surface area contributed by atoms with Crippen LogP contribution in [0, 0.1) is 0 Å². The third kappa shape index (κ3) is 6.58. The van der Waals surface area contributed by atoms with E-state index < -0.39 is 0 Å². The van der Waals surface area contributed by atoms with Crippen molar-refractivity contribution < 1.29 is 4.74 Å². The number of ether oxygens (including phenoxy) is 1. The smallest absolute Gasteiger partial charge is 0.191 e. The molecule has 7 heteroatoms. The van der Waals surface area contributed by atoms with Gasteiger partial charge in [-0.05, 0) is 31.0 Å². The van der Waals surface area contributed by atoms with Gasteiger partial charge in [0.1, 0.15) is 0 Å². The predicted molar refractivity (Wildman–Crippen MR) is 114 cm³/mol. The minimum Gasteiger partial charge on any atom is -0.379 e. The van der Waals surface area contributed by atoms with Gasteiger partial charge in [0.2, 0.25) is 0 Å². The number of hydrogen-bond acceptors (Lipinski definition) is 3. The number of aliphatic imine (C=N–C) groups is 1. The third-order valence-electron chi connectivity index (χ3n) is 4.52. The van der Waals surface area contributed by atoms with Gasteiger partial charge < -0.3 is 15.4 Å². The largest absolute Gasteiger partial charge is 0.379 e. The minimum absolute atomic E-state index is 0. The summed E-state index contributed by atoms with van der Waals surface area (Å²) >= 11 is 6.09. The number of benzene rings is 1. The van der Waals surface area contributed by atoms with Crippen molar-refractivity contribution in [3.8, 4) is 0 Å². The minimum atomic E-state index is 0. The Bertz CT molecular complexity index is 566. The molecule has 1 saturated carbocycles. The Hall–Kier alpha value is -0.570. The molecule has 1 saturated heterocycles. The van der Waals surface area contributed by atoms with E-state index in [4.69, 9.17) is 21.3 Å². The van der Waals surface area contributed by atoms with Crippen LogP contribution in [0.5, 0.6) is 0 Å². The van der Waals surface area contributed by atoms with Gasteiger partial charge in [-0.3, -0.25) is 9.89 Å². The molecular weight excluding hydrogens is 451 g/mol. The van der Waals surface area contributed by atoms with Crippen LogP contribution in [-0.4, -0.2) is 62.8 Å². The van der Waals surface area contributed by atoms with Gasteiger partial charge in [-0.15, -0.1) is 24.0 Å². The average molecular weight is 479 g/mol. The molecule has 1 aliphatic carbocycles. The second kappa shape index (κ2) is 10.5. The summed E-state index contributed by atoms with van der Waals surface area (Å²) in [6, 6.07) is 8.61. The lowest BCUT2D eigenvalue weighted by molar-refractivity contribution is 0.0394. The molecule has 2 atom stereocenters. The maximum absolute atomic E-state index is 6.09.